The number of hydrogen-bond donors (Lipinski definition) is 1. The number of aliphatic hydroxyl groups excluding tert-OH is 1. The maximum absolute atomic E-state index is 13.2. The Hall–Kier alpha value is -2.90. The van der Waals surface area contributed by atoms with E-state index in [0.717, 1.165) is 23.4 Å². The molecular weight excluding hydrogens is 460 g/mol. The number of nitrogens with zero attached hydrogens (tertiary/aromatic N) is 2. The molecule has 1 aliphatic heterocycles. The molecule has 3 aromatic rings. The Kier molecular flexibility index (Phi) is 6.32. The Bertz CT molecular complexity index is 1210. The van der Waals surface area contributed by atoms with E-state index in [9.17, 15) is 9.90 Å². The topological polar surface area (TPSA) is 71.9 Å². The quantitative estimate of drug-likeness (QED) is 0.543. The van der Waals surface area contributed by atoms with Gasteiger partial charge in [-0.05, 0) is 42.7 Å². The summed E-state index contributed by atoms with van der Waals surface area (Å²) in [6.45, 7) is 6.74. The molecule has 0 bridgehead atoms. The number of ether oxygens (including phenoxy) is 2. The van der Waals surface area contributed by atoms with E-state index in [1.54, 1.807) is 7.11 Å². The number of aliphatic hydroxyl groups is 1. The van der Waals surface area contributed by atoms with Crippen molar-refractivity contribution < 1.29 is 19.4 Å². The predicted molar refractivity (Wildman–Crippen MR) is 137 cm³/mol. The summed E-state index contributed by atoms with van der Waals surface area (Å²) >= 11 is 1.47. The monoisotopic (exact) mass is 492 g/mol. The lowest BCUT2D eigenvalue weighted by Crippen LogP contribution is -2.38. The van der Waals surface area contributed by atoms with Crippen LogP contribution in [-0.2, 0) is 12.8 Å². The molecule has 2 heterocycles. The van der Waals surface area contributed by atoms with Crippen LogP contribution in [0.3, 0.4) is 0 Å². The van der Waals surface area contributed by atoms with Gasteiger partial charge in [-0.15, -0.1) is 11.3 Å². The predicted octanol–water partition coefficient (Wildman–Crippen LogP) is 4.63. The van der Waals surface area contributed by atoms with Crippen molar-refractivity contribution in [3.05, 3.63) is 75.2 Å². The molecule has 7 heteroatoms. The number of rotatable bonds is 6. The van der Waals surface area contributed by atoms with Gasteiger partial charge in [0.25, 0.3) is 5.91 Å². The van der Waals surface area contributed by atoms with Crippen LogP contribution in [-0.4, -0.2) is 53.3 Å². The third-order valence-corrected chi connectivity index (χ3v) is 8.48. The molecule has 35 heavy (non-hydrogen) atoms. The van der Waals surface area contributed by atoms with E-state index in [0.29, 0.717) is 30.3 Å². The van der Waals surface area contributed by atoms with Crippen molar-refractivity contribution in [1.82, 2.24) is 9.88 Å². The van der Waals surface area contributed by atoms with Gasteiger partial charge >= 0.3 is 0 Å². The second kappa shape index (κ2) is 9.28. The molecule has 1 amide bonds. The Morgan fingerprint density at radius 3 is 2.51 bits per heavy atom. The van der Waals surface area contributed by atoms with E-state index < -0.39 is 11.5 Å². The van der Waals surface area contributed by atoms with Crippen molar-refractivity contribution in [2.45, 2.75) is 51.7 Å². The SMILES string of the molecule is COc1ccc(C2CN(C(=O)c3csc(C)n3)CC2(C)C(C)O)cc1OC1Cc2ccccc2C1. The normalized spacial score (nSPS) is 22.8. The molecule has 6 nitrogen and oxygen atoms in total. The number of thiazole rings is 1. The van der Waals surface area contributed by atoms with Crippen LogP contribution in [0.1, 0.15) is 52.0 Å². The van der Waals surface area contributed by atoms with Gasteiger partial charge in [0.05, 0.1) is 18.2 Å². The summed E-state index contributed by atoms with van der Waals surface area (Å²) in [5.41, 5.74) is 3.66. The highest BCUT2D eigenvalue weighted by molar-refractivity contribution is 7.09. The standard InChI is InChI=1S/C28H32N2O4S/c1-17(31)28(3)16-30(27(32)24-15-35-18(2)29-24)14-23(28)21-9-10-25(33-4)26(13-21)34-22-11-19-7-5-6-8-20(19)12-22/h5-10,13,15,17,22-23,31H,11-12,14,16H2,1-4H3. The number of likely N-dealkylation sites (tertiary alicyclic amines) is 1. The summed E-state index contributed by atoms with van der Waals surface area (Å²) < 4.78 is 12.1. The molecule has 3 atom stereocenters. The molecule has 0 spiro atoms. The van der Waals surface area contributed by atoms with Gasteiger partial charge in [0.2, 0.25) is 0 Å². The van der Waals surface area contributed by atoms with Gasteiger partial charge in [0, 0.05) is 42.6 Å². The number of carbonyl (C=O) groups is 1. The van der Waals surface area contributed by atoms with Crippen molar-refractivity contribution >= 4 is 17.2 Å². The molecule has 2 aromatic carbocycles. The summed E-state index contributed by atoms with van der Waals surface area (Å²) in [7, 11) is 1.65. The molecule has 3 unspecified atom stereocenters. The van der Waals surface area contributed by atoms with Crippen molar-refractivity contribution in [2.75, 3.05) is 20.2 Å². The molecule has 0 radical (unpaired) electrons. The van der Waals surface area contributed by atoms with Crippen molar-refractivity contribution in [3.8, 4) is 11.5 Å². The fraction of sp³-hybridized carbons (Fsp3) is 0.429. The Balaban J connectivity index is 1.42. The van der Waals surface area contributed by atoms with Gasteiger partial charge in [-0.25, -0.2) is 4.98 Å². The van der Waals surface area contributed by atoms with E-state index in [4.69, 9.17) is 9.47 Å². The summed E-state index contributed by atoms with van der Waals surface area (Å²) in [6, 6.07) is 14.5. The molecule has 1 fully saturated rings. The van der Waals surface area contributed by atoms with Crippen LogP contribution in [0, 0.1) is 12.3 Å². The second-order valence-electron chi connectivity index (χ2n) is 10.00. The van der Waals surface area contributed by atoms with E-state index in [1.807, 2.05) is 42.3 Å². The minimum absolute atomic E-state index is 0.0502. The zero-order valence-electron chi connectivity index (χ0n) is 20.7. The van der Waals surface area contributed by atoms with Crippen LogP contribution in [0.4, 0.5) is 0 Å². The summed E-state index contributed by atoms with van der Waals surface area (Å²) in [5, 5.41) is 13.5. The number of benzene rings is 2. The summed E-state index contributed by atoms with van der Waals surface area (Å²) in [4.78, 5) is 19.4. The van der Waals surface area contributed by atoms with Gasteiger partial charge in [0.15, 0.2) is 11.5 Å². The fourth-order valence-corrected chi connectivity index (χ4v) is 6.07. The first kappa shape index (κ1) is 23.8. The lowest BCUT2D eigenvalue weighted by Gasteiger charge is -2.34. The van der Waals surface area contributed by atoms with Crippen molar-refractivity contribution in [1.29, 1.82) is 0 Å². The first-order valence-corrected chi connectivity index (χ1v) is 13.0. The number of methoxy groups -OCH3 is 1. The number of amides is 1. The third-order valence-electron chi connectivity index (χ3n) is 7.71. The van der Waals surface area contributed by atoms with Crippen LogP contribution in [0.15, 0.2) is 47.8 Å². The molecule has 1 N–H and O–H groups in total. The van der Waals surface area contributed by atoms with E-state index >= 15 is 0 Å². The van der Waals surface area contributed by atoms with E-state index in [-0.39, 0.29) is 17.9 Å². The fourth-order valence-electron chi connectivity index (χ4n) is 5.49. The Morgan fingerprint density at radius 2 is 1.91 bits per heavy atom. The highest BCUT2D eigenvalue weighted by atomic mass is 32.1. The molecule has 1 aromatic heterocycles. The number of carbonyl (C=O) groups excluding carboxylic acids is 1. The zero-order chi connectivity index (χ0) is 24.7. The lowest BCUT2D eigenvalue weighted by molar-refractivity contribution is 0.0452. The van der Waals surface area contributed by atoms with Crippen LogP contribution < -0.4 is 9.47 Å². The largest absolute Gasteiger partial charge is 0.493 e. The number of hydrogen-bond acceptors (Lipinski definition) is 6. The first-order chi connectivity index (χ1) is 16.8. The maximum atomic E-state index is 13.2. The Morgan fingerprint density at radius 1 is 1.20 bits per heavy atom. The van der Waals surface area contributed by atoms with E-state index in [2.05, 4.69) is 36.2 Å². The molecule has 184 valence electrons. The molecule has 0 saturated carbocycles. The third kappa shape index (κ3) is 4.43. The van der Waals surface area contributed by atoms with Crippen LogP contribution in [0.5, 0.6) is 11.5 Å². The molecular formula is C28H32N2O4S. The van der Waals surface area contributed by atoms with E-state index in [1.165, 1.54) is 22.5 Å². The number of aryl methyl sites for hydroxylation is 1. The van der Waals surface area contributed by atoms with Gasteiger partial charge in [-0.2, -0.15) is 0 Å². The minimum Gasteiger partial charge on any atom is -0.493 e. The van der Waals surface area contributed by atoms with Crippen LogP contribution in [0.25, 0.3) is 0 Å². The number of aromatic nitrogens is 1. The average Bonchev–Trinajstić information content (AvgIpc) is 3.55. The summed E-state index contributed by atoms with van der Waals surface area (Å²) in [6.07, 6.45) is 1.19. The maximum Gasteiger partial charge on any atom is 0.273 e. The molecule has 5 rings (SSSR count). The van der Waals surface area contributed by atoms with Gasteiger partial charge < -0.3 is 19.5 Å². The molecule has 1 aliphatic carbocycles. The highest BCUT2D eigenvalue weighted by Crippen LogP contribution is 2.47. The Labute approximate surface area is 210 Å². The van der Waals surface area contributed by atoms with Crippen LogP contribution >= 0.6 is 11.3 Å². The second-order valence-corrected chi connectivity index (χ2v) is 11.1. The average molecular weight is 493 g/mol. The van der Waals surface area contributed by atoms with Gasteiger partial charge in [-0.1, -0.05) is 37.3 Å². The molecule has 1 saturated heterocycles. The lowest BCUT2D eigenvalue weighted by atomic mass is 9.72. The van der Waals surface area contributed by atoms with Crippen LogP contribution in [0.2, 0.25) is 0 Å². The molecule has 2 aliphatic rings. The first-order valence-electron chi connectivity index (χ1n) is 12.1. The minimum atomic E-state index is -0.599. The highest BCUT2D eigenvalue weighted by Gasteiger charge is 2.49. The number of fused-ring (bicyclic) bond motifs is 1. The van der Waals surface area contributed by atoms with Gasteiger partial charge in [-0.3, -0.25) is 4.79 Å². The van der Waals surface area contributed by atoms with Crippen molar-refractivity contribution in [2.24, 2.45) is 5.41 Å². The smallest absolute Gasteiger partial charge is 0.273 e. The van der Waals surface area contributed by atoms with Crippen molar-refractivity contribution in [3.63, 3.8) is 0 Å². The van der Waals surface area contributed by atoms with Gasteiger partial charge in [0.1, 0.15) is 11.8 Å². The zero-order valence-corrected chi connectivity index (χ0v) is 21.5. The summed E-state index contributed by atoms with van der Waals surface area (Å²) in [5.74, 6) is 1.25.